The third kappa shape index (κ3) is 3.24. The number of nitrogens with one attached hydrogen (secondary N) is 1. The van der Waals surface area contributed by atoms with Crippen LogP contribution in [-0.2, 0) is 6.54 Å². The number of rotatable bonds is 5. The second-order valence-electron chi connectivity index (χ2n) is 5.65. The summed E-state index contributed by atoms with van der Waals surface area (Å²) < 4.78 is 18.9. The first-order valence-corrected chi connectivity index (χ1v) is 7.34. The van der Waals surface area contributed by atoms with E-state index in [2.05, 4.69) is 30.4 Å². The molecule has 0 aliphatic heterocycles. The number of aryl methyl sites for hydroxylation is 1. The maximum Gasteiger partial charge on any atom is 0.165 e. The van der Waals surface area contributed by atoms with Gasteiger partial charge in [-0.15, -0.1) is 0 Å². The number of benzene rings is 2. The molecule has 0 heterocycles. The van der Waals surface area contributed by atoms with Gasteiger partial charge in [0.05, 0.1) is 7.11 Å². The van der Waals surface area contributed by atoms with Crippen LogP contribution in [0.4, 0.5) is 4.39 Å². The molecule has 0 unspecified atom stereocenters. The fourth-order valence-electron chi connectivity index (χ4n) is 2.47. The molecule has 1 fully saturated rings. The summed E-state index contributed by atoms with van der Waals surface area (Å²) in [7, 11) is 1.48. The van der Waals surface area contributed by atoms with Crippen LogP contribution in [0.15, 0.2) is 36.4 Å². The molecule has 110 valence electrons. The van der Waals surface area contributed by atoms with Crippen molar-refractivity contribution in [3.8, 4) is 16.9 Å². The minimum absolute atomic E-state index is 0.281. The maximum absolute atomic E-state index is 13.9. The van der Waals surface area contributed by atoms with Gasteiger partial charge in [-0.1, -0.05) is 18.2 Å². The first-order chi connectivity index (χ1) is 10.2. The van der Waals surface area contributed by atoms with E-state index in [0.29, 0.717) is 6.04 Å². The average Bonchev–Trinajstić information content (AvgIpc) is 3.30. The van der Waals surface area contributed by atoms with Gasteiger partial charge in [0.25, 0.3) is 0 Å². The Balaban J connectivity index is 1.88. The minimum atomic E-state index is -0.323. The molecule has 0 saturated heterocycles. The molecule has 0 radical (unpaired) electrons. The zero-order valence-corrected chi connectivity index (χ0v) is 12.4. The number of methoxy groups -OCH3 is 1. The highest BCUT2D eigenvalue weighted by Crippen LogP contribution is 2.29. The Bertz CT molecular complexity index is 650. The molecule has 1 saturated carbocycles. The van der Waals surface area contributed by atoms with Crippen molar-refractivity contribution in [3.05, 3.63) is 53.3 Å². The van der Waals surface area contributed by atoms with E-state index in [0.717, 1.165) is 23.2 Å². The predicted molar refractivity (Wildman–Crippen MR) is 83.0 cm³/mol. The summed E-state index contributed by atoms with van der Waals surface area (Å²) in [6.07, 6.45) is 2.56. The van der Waals surface area contributed by atoms with Gasteiger partial charge < -0.3 is 10.1 Å². The van der Waals surface area contributed by atoms with E-state index in [9.17, 15) is 4.39 Å². The highest BCUT2D eigenvalue weighted by molar-refractivity contribution is 5.68. The van der Waals surface area contributed by atoms with Gasteiger partial charge in [0.1, 0.15) is 0 Å². The van der Waals surface area contributed by atoms with Gasteiger partial charge in [0, 0.05) is 12.6 Å². The standard InChI is InChI=1S/C18H20FNO/c1-12-3-4-13(11-20-15-6-7-15)9-16(12)14-5-8-18(21-2)17(19)10-14/h3-5,8-10,15,20H,6-7,11H2,1-2H3. The van der Waals surface area contributed by atoms with Crippen molar-refractivity contribution in [2.75, 3.05) is 7.11 Å². The van der Waals surface area contributed by atoms with Crippen LogP contribution in [0, 0.1) is 12.7 Å². The largest absolute Gasteiger partial charge is 0.494 e. The Morgan fingerprint density at radius 2 is 2.00 bits per heavy atom. The lowest BCUT2D eigenvalue weighted by atomic mass is 9.98. The second kappa shape index (κ2) is 5.86. The van der Waals surface area contributed by atoms with E-state index in [1.165, 1.54) is 25.5 Å². The highest BCUT2D eigenvalue weighted by atomic mass is 19.1. The SMILES string of the molecule is COc1ccc(-c2cc(CNC3CC3)ccc2C)cc1F. The third-order valence-corrected chi connectivity index (χ3v) is 3.94. The fourth-order valence-corrected chi connectivity index (χ4v) is 2.47. The molecular weight excluding hydrogens is 265 g/mol. The van der Waals surface area contributed by atoms with Gasteiger partial charge >= 0.3 is 0 Å². The first kappa shape index (κ1) is 14.1. The van der Waals surface area contributed by atoms with Gasteiger partial charge in [-0.3, -0.25) is 0 Å². The molecule has 1 aliphatic carbocycles. The summed E-state index contributed by atoms with van der Waals surface area (Å²) in [5.41, 5.74) is 4.35. The van der Waals surface area contributed by atoms with Crippen molar-refractivity contribution >= 4 is 0 Å². The number of ether oxygens (including phenoxy) is 1. The van der Waals surface area contributed by atoms with E-state index >= 15 is 0 Å². The van der Waals surface area contributed by atoms with Crippen molar-refractivity contribution in [1.29, 1.82) is 0 Å². The Labute approximate surface area is 125 Å². The molecule has 3 rings (SSSR count). The number of halogens is 1. The van der Waals surface area contributed by atoms with Crippen LogP contribution in [0.1, 0.15) is 24.0 Å². The molecule has 2 aromatic rings. The fraction of sp³-hybridized carbons (Fsp3) is 0.333. The van der Waals surface area contributed by atoms with Crippen molar-refractivity contribution < 1.29 is 9.13 Å². The molecular formula is C18H20FNO. The molecule has 1 N–H and O–H groups in total. The Morgan fingerprint density at radius 3 is 2.67 bits per heavy atom. The van der Waals surface area contributed by atoms with Gasteiger partial charge in [-0.05, 0) is 60.2 Å². The van der Waals surface area contributed by atoms with Crippen molar-refractivity contribution in [2.24, 2.45) is 0 Å². The molecule has 0 atom stereocenters. The summed E-state index contributed by atoms with van der Waals surface area (Å²) in [5, 5.41) is 3.51. The molecule has 0 spiro atoms. The third-order valence-electron chi connectivity index (χ3n) is 3.94. The lowest BCUT2D eigenvalue weighted by molar-refractivity contribution is 0.386. The van der Waals surface area contributed by atoms with E-state index < -0.39 is 0 Å². The Hall–Kier alpha value is -1.87. The van der Waals surface area contributed by atoms with Crippen LogP contribution in [0.2, 0.25) is 0 Å². The first-order valence-electron chi connectivity index (χ1n) is 7.34. The van der Waals surface area contributed by atoms with Gasteiger partial charge in [0.2, 0.25) is 0 Å². The monoisotopic (exact) mass is 285 g/mol. The highest BCUT2D eigenvalue weighted by Gasteiger charge is 2.20. The van der Waals surface area contributed by atoms with Crippen molar-refractivity contribution in [2.45, 2.75) is 32.4 Å². The lowest BCUT2D eigenvalue weighted by Gasteiger charge is -2.11. The smallest absolute Gasteiger partial charge is 0.165 e. The molecule has 0 aromatic heterocycles. The van der Waals surface area contributed by atoms with Crippen LogP contribution in [0.5, 0.6) is 5.75 Å². The number of hydrogen-bond acceptors (Lipinski definition) is 2. The van der Waals surface area contributed by atoms with Crippen LogP contribution in [0.3, 0.4) is 0 Å². The lowest BCUT2D eigenvalue weighted by Crippen LogP contribution is -2.15. The van der Waals surface area contributed by atoms with Gasteiger partial charge in [-0.25, -0.2) is 4.39 Å². The molecule has 3 heteroatoms. The molecule has 21 heavy (non-hydrogen) atoms. The predicted octanol–water partition coefficient (Wildman–Crippen LogP) is 4.06. The Morgan fingerprint density at radius 1 is 1.19 bits per heavy atom. The molecule has 1 aliphatic rings. The average molecular weight is 285 g/mol. The molecule has 0 amide bonds. The van der Waals surface area contributed by atoms with Gasteiger partial charge in [-0.2, -0.15) is 0 Å². The zero-order valence-electron chi connectivity index (χ0n) is 12.4. The second-order valence-corrected chi connectivity index (χ2v) is 5.65. The van der Waals surface area contributed by atoms with Crippen molar-refractivity contribution in [3.63, 3.8) is 0 Å². The van der Waals surface area contributed by atoms with Crippen LogP contribution in [-0.4, -0.2) is 13.2 Å². The zero-order chi connectivity index (χ0) is 14.8. The van der Waals surface area contributed by atoms with Crippen LogP contribution >= 0.6 is 0 Å². The summed E-state index contributed by atoms with van der Waals surface area (Å²) in [6.45, 7) is 2.92. The molecule has 2 aromatic carbocycles. The summed E-state index contributed by atoms with van der Waals surface area (Å²) in [6, 6.07) is 12.2. The molecule has 0 bridgehead atoms. The van der Waals surface area contributed by atoms with Crippen molar-refractivity contribution in [1.82, 2.24) is 5.32 Å². The summed E-state index contributed by atoms with van der Waals surface area (Å²) in [4.78, 5) is 0. The number of hydrogen-bond donors (Lipinski definition) is 1. The minimum Gasteiger partial charge on any atom is -0.494 e. The van der Waals surface area contributed by atoms with E-state index in [-0.39, 0.29) is 11.6 Å². The summed E-state index contributed by atoms with van der Waals surface area (Å²) >= 11 is 0. The quantitative estimate of drug-likeness (QED) is 0.894. The van der Waals surface area contributed by atoms with Crippen LogP contribution in [0.25, 0.3) is 11.1 Å². The van der Waals surface area contributed by atoms with Crippen LogP contribution < -0.4 is 10.1 Å². The topological polar surface area (TPSA) is 21.3 Å². The summed E-state index contributed by atoms with van der Waals surface area (Å²) in [5.74, 6) is -0.0427. The van der Waals surface area contributed by atoms with E-state index in [4.69, 9.17) is 4.74 Å². The molecule has 2 nitrogen and oxygen atoms in total. The van der Waals surface area contributed by atoms with E-state index in [1.807, 2.05) is 6.07 Å². The van der Waals surface area contributed by atoms with Gasteiger partial charge in [0.15, 0.2) is 11.6 Å². The maximum atomic E-state index is 13.9. The normalized spacial score (nSPS) is 14.2. The van der Waals surface area contributed by atoms with E-state index in [1.54, 1.807) is 12.1 Å². The Kier molecular flexibility index (Phi) is 3.93.